The van der Waals surface area contributed by atoms with Crippen LogP contribution in [0.2, 0.25) is 0 Å². The summed E-state index contributed by atoms with van der Waals surface area (Å²) in [6.45, 7) is 2.48. The van der Waals surface area contributed by atoms with Crippen LogP contribution in [-0.4, -0.2) is 16.7 Å². The largest absolute Gasteiger partial charge is 0.494 e. The van der Waals surface area contributed by atoms with Gasteiger partial charge in [-0.05, 0) is 37.3 Å². The molecule has 1 aromatic heterocycles. The van der Waals surface area contributed by atoms with E-state index in [0.29, 0.717) is 23.7 Å². The minimum Gasteiger partial charge on any atom is -0.494 e. The Kier molecular flexibility index (Phi) is 4.15. The van der Waals surface area contributed by atoms with Gasteiger partial charge in [0.1, 0.15) is 17.2 Å². The molecule has 1 heterocycles. The van der Waals surface area contributed by atoms with E-state index in [9.17, 15) is 5.11 Å². The third-order valence-corrected chi connectivity index (χ3v) is 2.39. The first-order valence-corrected chi connectivity index (χ1v) is 5.78. The first kappa shape index (κ1) is 12.4. The van der Waals surface area contributed by atoms with Crippen molar-refractivity contribution < 1.29 is 14.6 Å². The number of benzene rings is 1. The molecule has 2 aromatic rings. The molecule has 18 heavy (non-hydrogen) atoms. The van der Waals surface area contributed by atoms with Crippen LogP contribution < -0.4 is 9.47 Å². The summed E-state index contributed by atoms with van der Waals surface area (Å²) in [6.07, 6.45) is 3.22. The van der Waals surface area contributed by atoms with Crippen molar-refractivity contribution in [3.8, 4) is 17.2 Å². The second kappa shape index (κ2) is 6.02. The highest BCUT2D eigenvalue weighted by Crippen LogP contribution is 2.26. The summed E-state index contributed by atoms with van der Waals surface area (Å²) in [5.74, 6) is 2.11. The topological polar surface area (TPSA) is 51.6 Å². The fraction of sp³-hybridized carbons (Fsp3) is 0.214. The molecular weight excluding hydrogens is 230 g/mol. The lowest BCUT2D eigenvalue weighted by Crippen LogP contribution is -1.93. The van der Waals surface area contributed by atoms with Gasteiger partial charge in [-0.3, -0.25) is 4.98 Å². The van der Waals surface area contributed by atoms with Gasteiger partial charge < -0.3 is 14.6 Å². The molecule has 2 rings (SSSR count). The minimum atomic E-state index is -0.0970. The predicted octanol–water partition coefficient (Wildman–Crippen LogP) is 2.76. The van der Waals surface area contributed by atoms with Crippen LogP contribution in [-0.2, 0) is 6.61 Å². The number of rotatable bonds is 5. The highest BCUT2D eigenvalue weighted by molar-refractivity contribution is 5.37. The van der Waals surface area contributed by atoms with Gasteiger partial charge in [-0.15, -0.1) is 0 Å². The van der Waals surface area contributed by atoms with Gasteiger partial charge in [-0.1, -0.05) is 0 Å². The van der Waals surface area contributed by atoms with Gasteiger partial charge in [0.25, 0.3) is 0 Å². The minimum absolute atomic E-state index is 0.0970. The Morgan fingerprint density at radius 1 is 1.11 bits per heavy atom. The van der Waals surface area contributed by atoms with E-state index >= 15 is 0 Å². The van der Waals surface area contributed by atoms with Crippen LogP contribution in [0.25, 0.3) is 0 Å². The normalized spacial score (nSPS) is 10.1. The van der Waals surface area contributed by atoms with Crippen LogP contribution >= 0.6 is 0 Å². The van der Waals surface area contributed by atoms with E-state index in [4.69, 9.17) is 9.47 Å². The Hall–Kier alpha value is -2.07. The van der Waals surface area contributed by atoms with E-state index in [2.05, 4.69) is 4.98 Å². The second-order valence-electron chi connectivity index (χ2n) is 3.65. The number of ether oxygens (including phenoxy) is 2. The lowest BCUT2D eigenvalue weighted by molar-refractivity contribution is 0.276. The van der Waals surface area contributed by atoms with Crippen molar-refractivity contribution in [2.75, 3.05) is 6.61 Å². The zero-order valence-corrected chi connectivity index (χ0v) is 10.2. The Bertz CT molecular complexity index is 497. The number of hydrogen-bond donors (Lipinski definition) is 1. The summed E-state index contributed by atoms with van der Waals surface area (Å²) >= 11 is 0. The van der Waals surface area contributed by atoms with E-state index in [1.54, 1.807) is 18.5 Å². The van der Waals surface area contributed by atoms with E-state index in [-0.39, 0.29) is 6.61 Å². The van der Waals surface area contributed by atoms with Crippen molar-refractivity contribution in [1.29, 1.82) is 0 Å². The summed E-state index contributed by atoms with van der Waals surface area (Å²) in [7, 11) is 0. The number of aliphatic hydroxyl groups is 1. The molecule has 1 aromatic carbocycles. The summed E-state index contributed by atoms with van der Waals surface area (Å²) < 4.78 is 11.0. The molecule has 4 nitrogen and oxygen atoms in total. The summed E-state index contributed by atoms with van der Waals surface area (Å²) in [4.78, 5) is 3.94. The molecule has 0 aliphatic carbocycles. The van der Waals surface area contributed by atoms with Crippen molar-refractivity contribution in [3.05, 3.63) is 48.3 Å². The van der Waals surface area contributed by atoms with Gasteiger partial charge in [-0.2, -0.15) is 0 Å². The molecule has 0 amide bonds. The Balaban J connectivity index is 2.13. The molecule has 0 bridgehead atoms. The van der Waals surface area contributed by atoms with Crippen molar-refractivity contribution in [3.63, 3.8) is 0 Å². The molecule has 0 saturated carbocycles. The third-order valence-electron chi connectivity index (χ3n) is 2.39. The molecule has 0 spiro atoms. The molecule has 94 valence electrons. The van der Waals surface area contributed by atoms with Gasteiger partial charge in [0.2, 0.25) is 0 Å². The Labute approximate surface area is 106 Å². The predicted molar refractivity (Wildman–Crippen MR) is 67.8 cm³/mol. The highest BCUT2D eigenvalue weighted by atomic mass is 16.5. The van der Waals surface area contributed by atoms with E-state index in [1.807, 2.05) is 31.2 Å². The zero-order valence-electron chi connectivity index (χ0n) is 10.2. The number of aliphatic hydroxyl groups excluding tert-OH is 1. The van der Waals surface area contributed by atoms with Crippen LogP contribution in [0.3, 0.4) is 0 Å². The molecule has 0 aliphatic rings. The van der Waals surface area contributed by atoms with Gasteiger partial charge in [0.15, 0.2) is 0 Å². The molecule has 0 radical (unpaired) electrons. The lowest BCUT2D eigenvalue weighted by Gasteiger charge is -2.09. The fourth-order valence-corrected chi connectivity index (χ4v) is 1.53. The van der Waals surface area contributed by atoms with Crippen molar-refractivity contribution in [1.82, 2.24) is 4.98 Å². The molecule has 0 atom stereocenters. The standard InChI is InChI=1S/C14H15NO3/c1-2-17-12-3-5-13(6-4-12)18-14-7-8-15-9-11(14)10-16/h3-9,16H,2,10H2,1H3. The molecule has 0 saturated heterocycles. The van der Waals surface area contributed by atoms with Crippen LogP contribution in [0, 0.1) is 0 Å². The summed E-state index contributed by atoms with van der Waals surface area (Å²) in [6, 6.07) is 9.07. The smallest absolute Gasteiger partial charge is 0.136 e. The number of nitrogens with zero attached hydrogens (tertiary/aromatic N) is 1. The monoisotopic (exact) mass is 245 g/mol. The molecule has 1 N–H and O–H groups in total. The summed E-state index contributed by atoms with van der Waals surface area (Å²) in [5, 5.41) is 9.17. The maximum absolute atomic E-state index is 9.17. The second-order valence-corrected chi connectivity index (χ2v) is 3.65. The van der Waals surface area contributed by atoms with E-state index < -0.39 is 0 Å². The first-order chi connectivity index (χ1) is 8.83. The van der Waals surface area contributed by atoms with Crippen molar-refractivity contribution in [2.24, 2.45) is 0 Å². The first-order valence-electron chi connectivity index (χ1n) is 5.78. The van der Waals surface area contributed by atoms with Gasteiger partial charge >= 0.3 is 0 Å². The number of pyridine rings is 1. The average molecular weight is 245 g/mol. The third kappa shape index (κ3) is 2.99. The molecule has 0 unspecified atom stereocenters. The van der Waals surface area contributed by atoms with Crippen LogP contribution in [0.4, 0.5) is 0 Å². The van der Waals surface area contributed by atoms with Crippen LogP contribution in [0.5, 0.6) is 17.2 Å². The van der Waals surface area contributed by atoms with Crippen molar-refractivity contribution in [2.45, 2.75) is 13.5 Å². The van der Waals surface area contributed by atoms with Crippen molar-refractivity contribution >= 4 is 0 Å². The molecule has 0 fully saturated rings. The maximum atomic E-state index is 9.17. The fourth-order valence-electron chi connectivity index (χ4n) is 1.53. The SMILES string of the molecule is CCOc1ccc(Oc2ccncc2CO)cc1. The summed E-state index contributed by atoms with van der Waals surface area (Å²) in [5.41, 5.74) is 0.659. The van der Waals surface area contributed by atoms with Crippen LogP contribution in [0.15, 0.2) is 42.7 Å². The highest BCUT2D eigenvalue weighted by Gasteiger charge is 2.04. The quantitative estimate of drug-likeness (QED) is 0.880. The Morgan fingerprint density at radius 3 is 2.50 bits per heavy atom. The van der Waals surface area contributed by atoms with E-state index in [0.717, 1.165) is 5.75 Å². The molecular formula is C14H15NO3. The molecule has 4 heteroatoms. The molecule has 0 aliphatic heterocycles. The number of aromatic nitrogens is 1. The van der Waals surface area contributed by atoms with Gasteiger partial charge in [0.05, 0.1) is 13.2 Å². The zero-order chi connectivity index (χ0) is 12.8. The van der Waals surface area contributed by atoms with E-state index in [1.165, 1.54) is 0 Å². The van der Waals surface area contributed by atoms with Gasteiger partial charge in [-0.25, -0.2) is 0 Å². The average Bonchev–Trinajstić information content (AvgIpc) is 2.42. The van der Waals surface area contributed by atoms with Gasteiger partial charge in [0, 0.05) is 18.0 Å². The number of hydrogen-bond acceptors (Lipinski definition) is 4. The Morgan fingerprint density at radius 2 is 1.83 bits per heavy atom. The van der Waals surface area contributed by atoms with Crippen LogP contribution in [0.1, 0.15) is 12.5 Å². The maximum Gasteiger partial charge on any atom is 0.136 e. The lowest BCUT2D eigenvalue weighted by atomic mass is 10.2.